The van der Waals surface area contributed by atoms with Crippen LogP contribution in [0.2, 0.25) is 0 Å². The number of hydrogen-bond acceptors (Lipinski definition) is 5. The van der Waals surface area contributed by atoms with Crippen molar-refractivity contribution in [3.8, 4) is 0 Å². The zero-order valence-corrected chi connectivity index (χ0v) is 13.3. The van der Waals surface area contributed by atoms with Crippen LogP contribution in [0.15, 0.2) is 59.5 Å². The molecule has 0 aliphatic rings. The molecule has 24 heavy (non-hydrogen) atoms. The quantitative estimate of drug-likeness (QED) is 0.584. The number of nitrogens with one attached hydrogen (secondary N) is 2. The van der Waals surface area contributed by atoms with Gasteiger partial charge in [0.1, 0.15) is 0 Å². The number of carbonyl (C=O) groups is 1. The van der Waals surface area contributed by atoms with Gasteiger partial charge in [0.25, 0.3) is 5.69 Å². The van der Waals surface area contributed by atoms with E-state index in [9.17, 15) is 23.3 Å². The van der Waals surface area contributed by atoms with Gasteiger partial charge in [0.15, 0.2) is 0 Å². The molecule has 126 valence electrons. The van der Waals surface area contributed by atoms with Crippen molar-refractivity contribution in [2.75, 3.05) is 11.9 Å². The van der Waals surface area contributed by atoms with E-state index >= 15 is 0 Å². The number of hydrogen-bond donors (Lipinski definition) is 2. The molecule has 9 heteroatoms. The van der Waals surface area contributed by atoms with Gasteiger partial charge in [-0.2, -0.15) is 0 Å². The maximum absolute atomic E-state index is 12.0. The summed E-state index contributed by atoms with van der Waals surface area (Å²) in [5.74, 6) is -0.453. The predicted octanol–water partition coefficient (Wildman–Crippen LogP) is 1.90. The molecule has 2 N–H and O–H groups in total. The SMILES string of the molecule is O=C(CCNS(=O)(=O)c1ccccc1)Nc1cccc([N+](=O)[O-])c1. The molecule has 0 saturated heterocycles. The highest BCUT2D eigenvalue weighted by molar-refractivity contribution is 7.89. The first-order valence-electron chi connectivity index (χ1n) is 6.97. The standard InChI is InChI=1S/C15H15N3O5S/c19-15(17-12-5-4-6-13(11-12)18(20)21)9-10-16-24(22,23)14-7-2-1-3-8-14/h1-8,11,16H,9-10H2,(H,17,19). The van der Waals surface area contributed by atoms with Crippen LogP contribution >= 0.6 is 0 Å². The van der Waals surface area contributed by atoms with Crippen LogP contribution in [0.25, 0.3) is 0 Å². The first-order chi connectivity index (χ1) is 11.4. The van der Waals surface area contributed by atoms with Gasteiger partial charge in [0, 0.05) is 30.8 Å². The average molecular weight is 349 g/mol. The maximum atomic E-state index is 12.0. The molecule has 2 aromatic rings. The monoisotopic (exact) mass is 349 g/mol. The van der Waals surface area contributed by atoms with Gasteiger partial charge in [-0.15, -0.1) is 0 Å². The van der Waals surface area contributed by atoms with Gasteiger partial charge in [-0.1, -0.05) is 24.3 Å². The molecule has 0 saturated carbocycles. The van der Waals surface area contributed by atoms with Gasteiger partial charge >= 0.3 is 0 Å². The van der Waals surface area contributed by atoms with Crippen molar-refractivity contribution >= 4 is 27.3 Å². The second kappa shape index (κ2) is 7.66. The zero-order chi connectivity index (χ0) is 17.6. The van der Waals surface area contributed by atoms with Crippen LogP contribution in [0, 0.1) is 10.1 Å². The summed E-state index contributed by atoms with van der Waals surface area (Å²) >= 11 is 0. The number of benzene rings is 2. The summed E-state index contributed by atoms with van der Waals surface area (Å²) in [4.78, 5) is 22.0. The molecular weight excluding hydrogens is 334 g/mol. The molecule has 0 aromatic heterocycles. The molecule has 0 aliphatic carbocycles. The number of sulfonamides is 1. The van der Waals surface area contributed by atoms with E-state index in [1.54, 1.807) is 18.2 Å². The van der Waals surface area contributed by atoms with Gasteiger partial charge in [0.2, 0.25) is 15.9 Å². The van der Waals surface area contributed by atoms with E-state index in [2.05, 4.69) is 10.0 Å². The van der Waals surface area contributed by atoms with Gasteiger partial charge in [-0.3, -0.25) is 14.9 Å². The maximum Gasteiger partial charge on any atom is 0.271 e. The first kappa shape index (κ1) is 17.6. The van der Waals surface area contributed by atoms with Gasteiger partial charge in [-0.25, -0.2) is 13.1 Å². The van der Waals surface area contributed by atoms with Crippen LogP contribution in [-0.4, -0.2) is 25.8 Å². The fourth-order valence-corrected chi connectivity index (χ4v) is 2.96. The second-order valence-corrected chi connectivity index (χ2v) is 6.58. The van der Waals surface area contributed by atoms with Crippen molar-refractivity contribution in [3.05, 3.63) is 64.7 Å². The number of nitrogens with zero attached hydrogens (tertiary/aromatic N) is 1. The van der Waals surface area contributed by atoms with Crippen molar-refractivity contribution in [2.24, 2.45) is 0 Å². The minimum absolute atomic E-state index is 0.0853. The molecule has 0 unspecified atom stereocenters. The van der Waals surface area contributed by atoms with Crippen molar-refractivity contribution in [1.29, 1.82) is 0 Å². The summed E-state index contributed by atoms with van der Waals surface area (Å²) in [5.41, 5.74) is 0.137. The summed E-state index contributed by atoms with van der Waals surface area (Å²) in [6, 6.07) is 13.3. The molecular formula is C15H15N3O5S. The fourth-order valence-electron chi connectivity index (χ4n) is 1.90. The van der Waals surface area contributed by atoms with Crippen LogP contribution < -0.4 is 10.0 Å². The third-order valence-electron chi connectivity index (χ3n) is 3.04. The lowest BCUT2D eigenvalue weighted by molar-refractivity contribution is -0.384. The third kappa shape index (κ3) is 4.86. The largest absolute Gasteiger partial charge is 0.326 e. The van der Waals surface area contributed by atoms with Crippen molar-refractivity contribution in [1.82, 2.24) is 4.72 Å². The van der Waals surface area contributed by atoms with E-state index in [0.717, 1.165) is 0 Å². The molecule has 0 bridgehead atoms. The fraction of sp³-hybridized carbons (Fsp3) is 0.133. The normalized spacial score (nSPS) is 11.0. The summed E-state index contributed by atoms with van der Waals surface area (Å²) in [7, 11) is -3.67. The van der Waals surface area contributed by atoms with Crippen LogP contribution in [0.4, 0.5) is 11.4 Å². The Balaban J connectivity index is 1.88. The highest BCUT2D eigenvalue weighted by atomic mass is 32.2. The van der Waals surface area contributed by atoms with Gasteiger partial charge in [-0.05, 0) is 18.2 Å². The minimum atomic E-state index is -3.67. The number of nitro benzene ring substituents is 1. The minimum Gasteiger partial charge on any atom is -0.326 e. The second-order valence-electron chi connectivity index (χ2n) is 4.82. The summed E-state index contributed by atoms with van der Waals surface area (Å²) in [5, 5.41) is 13.2. The molecule has 0 aliphatic heterocycles. The Bertz CT molecular complexity index is 837. The molecule has 0 spiro atoms. The lowest BCUT2D eigenvalue weighted by Crippen LogP contribution is -2.27. The zero-order valence-electron chi connectivity index (χ0n) is 12.5. The predicted molar refractivity (Wildman–Crippen MR) is 88.0 cm³/mol. The number of rotatable bonds is 7. The van der Waals surface area contributed by atoms with E-state index in [0.29, 0.717) is 0 Å². The highest BCUT2D eigenvalue weighted by Crippen LogP contribution is 2.17. The average Bonchev–Trinajstić information content (AvgIpc) is 2.55. The van der Waals surface area contributed by atoms with E-state index in [1.165, 1.54) is 36.4 Å². The Morgan fingerprint density at radius 1 is 1.08 bits per heavy atom. The Labute approximate surface area is 138 Å². The molecule has 0 heterocycles. The summed E-state index contributed by atoms with van der Waals surface area (Å²) in [6.45, 7) is -0.0853. The van der Waals surface area contributed by atoms with Gasteiger partial charge in [0.05, 0.1) is 9.82 Å². The molecule has 8 nitrogen and oxygen atoms in total. The molecule has 2 rings (SSSR count). The van der Waals surface area contributed by atoms with E-state index in [4.69, 9.17) is 0 Å². The molecule has 2 aromatic carbocycles. The smallest absolute Gasteiger partial charge is 0.271 e. The topological polar surface area (TPSA) is 118 Å². The first-order valence-corrected chi connectivity index (χ1v) is 8.46. The highest BCUT2D eigenvalue weighted by Gasteiger charge is 2.14. The van der Waals surface area contributed by atoms with Crippen molar-refractivity contribution < 1.29 is 18.1 Å². The van der Waals surface area contributed by atoms with E-state index in [-0.39, 0.29) is 29.2 Å². The molecule has 0 fully saturated rings. The Morgan fingerprint density at radius 2 is 1.79 bits per heavy atom. The van der Waals surface area contributed by atoms with Crippen LogP contribution in [0.5, 0.6) is 0 Å². The summed E-state index contributed by atoms with van der Waals surface area (Å²) in [6.07, 6.45) is -0.102. The lowest BCUT2D eigenvalue weighted by Gasteiger charge is -2.07. The summed E-state index contributed by atoms with van der Waals surface area (Å²) < 4.78 is 26.3. The Hall–Kier alpha value is -2.78. The molecule has 1 amide bonds. The van der Waals surface area contributed by atoms with Crippen LogP contribution in [-0.2, 0) is 14.8 Å². The Morgan fingerprint density at radius 3 is 2.46 bits per heavy atom. The van der Waals surface area contributed by atoms with E-state index < -0.39 is 20.9 Å². The molecule has 0 atom stereocenters. The number of nitro groups is 1. The number of amides is 1. The van der Waals surface area contributed by atoms with E-state index in [1.807, 2.05) is 0 Å². The number of non-ortho nitro benzene ring substituents is 1. The van der Waals surface area contributed by atoms with Crippen molar-refractivity contribution in [2.45, 2.75) is 11.3 Å². The van der Waals surface area contributed by atoms with Crippen LogP contribution in [0.3, 0.4) is 0 Å². The van der Waals surface area contributed by atoms with Crippen molar-refractivity contribution in [3.63, 3.8) is 0 Å². The lowest BCUT2D eigenvalue weighted by atomic mass is 10.2. The third-order valence-corrected chi connectivity index (χ3v) is 4.52. The number of carbonyl (C=O) groups excluding carboxylic acids is 1. The Kier molecular flexibility index (Phi) is 5.61. The van der Waals surface area contributed by atoms with Gasteiger partial charge < -0.3 is 5.32 Å². The molecule has 0 radical (unpaired) electrons. The number of anilines is 1. The van der Waals surface area contributed by atoms with Crippen LogP contribution in [0.1, 0.15) is 6.42 Å².